The van der Waals surface area contributed by atoms with Crippen LogP contribution in [0.5, 0.6) is 69.0 Å². The van der Waals surface area contributed by atoms with Crippen LogP contribution in [-0.2, 0) is 25.4 Å². The molecule has 1 saturated heterocycles. The fourth-order valence-electron chi connectivity index (χ4n) is 6.25. The Morgan fingerprint density at radius 1 is 0.494 bits per heavy atom. The molecule has 6 aromatic carbocycles. The smallest absolute Gasteiger partial charge is 0.163 e. The van der Waals surface area contributed by atoms with Crippen molar-refractivity contribution >= 4 is 22.5 Å². The normalized spacial score (nSPS) is 11.7. The molecule has 1 heterocycles. The van der Waals surface area contributed by atoms with E-state index in [2.05, 4.69) is 19.7 Å². The first kappa shape index (κ1) is 97.7. The minimum absolute atomic E-state index is 0. The molecule has 0 amide bonds. The molecule has 416 valence electrons. The van der Waals surface area contributed by atoms with E-state index in [0.29, 0.717) is 58.8 Å². The van der Waals surface area contributed by atoms with E-state index in [9.17, 15) is 35.4 Å². The topological polar surface area (TPSA) is 331 Å². The maximum Gasteiger partial charge on any atom is 0.163 e. The first-order valence-corrected chi connectivity index (χ1v) is 21.7. The average molecular weight is 2830 g/mol. The number of aliphatic hydroxyl groups is 2. The summed E-state index contributed by atoms with van der Waals surface area (Å²) in [7, 11) is 3.14. The number of allylic oxidation sites excluding steroid dienone is 1. The largest absolute Gasteiger partial charge is 0.508 e. The third kappa shape index (κ3) is 36.1. The van der Waals surface area contributed by atoms with E-state index in [1.54, 1.807) is 53.2 Å². The number of rotatable bonds is 11. The number of aliphatic hydroxyl groups excluding tert-OH is 1. The summed E-state index contributed by atoms with van der Waals surface area (Å²) in [5.41, 5.74) is 3.30. The maximum absolute atomic E-state index is 10.7. The minimum Gasteiger partial charge on any atom is -0.508 e. The van der Waals surface area contributed by atoms with Gasteiger partial charge in [0.1, 0.15) is 74.6 Å². The van der Waals surface area contributed by atoms with Gasteiger partial charge in [0, 0.05) is 431 Å². The van der Waals surface area contributed by atoms with Gasteiger partial charge in [-0.05, 0) is 117 Å². The molecule has 7 rings (SSSR count). The summed E-state index contributed by atoms with van der Waals surface area (Å²) < 4.78 is 15.2. The molecule has 8 radical (unpaired) electrons. The van der Waals surface area contributed by atoms with Crippen LogP contribution in [-0.4, -0.2) is 118 Å². The van der Waals surface area contributed by atoms with E-state index in [4.69, 9.17) is 55.1 Å². The molecule has 0 saturated carbocycles. The number of carbonyl (C=O) groups is 1. The van der Waals surface area contributed by atoms with E-state index in [1.165, 1.54) is 91.9 Å². The van der Waals surface area contributed by atoms with Gasteiger partial charge in [-0.3, -0.25) is 4.79 Å². The van der Waals surface area contributed by atoms with Crippen LogP contribution in [0.4, 0.5) is 0 Å². The SMILES string of the molecule is C=C(C)c1ccc(O)cc1O.C=C(CO)c1ccc(O)cc1O.C=C(COC)c1ccc(O)cc1O.CC(=O)c1ccc(O)cc1O.CC(C)(O)c1ccc(O)cc1O.COCC1(c2ccc(O)cc2O)CO1.[Ac].[Ac].[Ac].[Ac].[Ac].[Ac].[Ac].[Ac]. The van der Waals surface area contributed by atoms with Crippen LogP contribution in [0.15, 0.2) is 129 Å². The van der Waals surface area contributed by atoms with E-state index < -0.39 is 11.2 Å². The molecule has 0 aromatic heterocycles. The number of benzene rings is 6. The number of methoxy groups -OCH3 is 2. The molecule has 1 aliphatic heterocycles. The Hall–Kier alpha value is 3.14. The monoisotopic (exact) mass is 2830 g/mol. The van der Waals surface area contributed by atoms with Crippen molar-refractivity contribution < 1.29 is 443 Å². The van der Waals surface area contributed by atoms with Gasteiger partial charge in [-0.15, -0.1) is 0 Å². The number of Topliss-reactive ketones (excluding diaryl/α,β-unsaturated/α-hetero) is 1. The van der Waals surface area contributed by atoms with Crippen LogP contribution >= 0.6 is 0 Å². The number of aromatic hydroxyl groups is 12. The first-order valence-electron chi connectivity index (χ1n) is 21.7. The van der Waals surface area contributed by atoms with Gasteiger partial charge in [-0.2, -0.15) is 0 Å². The van der Waals surface area contributed by atoms with Gasteiger partial charge < -0.3 is 85.7 Å². The number of ether oxygens (including phenoxy) is 3. The van der Waals surface area contributed by atoms with Gasteiger partial charge in [0.2, 0.25) is 0 Å². The molecule has 18 nitrogen and oxygen atoms in total. The molecule has 0 spiro atoms. The Morgan fingerprint density at radius 3 is 1.10 bits per heavy atom. The van der Waals surface area contributed by atoms with Crippen molar-refractivity contribution in [1.29, 1.82) is 0 Å². The number of ketones is 1. The van der Waals surface area contributed by atoms with Gasteiger partial charge in [0.05, 0.1) is 37.6 Å². The molecule has 0 bridgehead atoms. The van der Waals surface area contributed by atoms with Crippen molar-refractivity contribution in [3.05, 3.63) is 162 Å². The first-order chi connectivity index (χ1) is 34.1. The molecule has 1 aliphatic rings. The summed E-state index contributed by atoms with van der Waals surface area (Å²) in [5, 5.41) is 128. The number of epoxide rings is 1. The van der Waals surface area contributed by atoms with Gasteiger partial charge in [-0.1, -0.05) is 19.7 Å². The van der Waals surface area contributed by atoms with Crippen LogP contribution in [0.2, 0.25) is 0 Å². The zero-order valence-corrected chi connectivity index (χ0v) is 83.8. The van der Waals surface area contributed by atoms with Crippen LogP contribution < -0.4 is 0 Å². The molecular weight excluding hydrogens is 2760 g/mol. The summed E-state index contributed by atoms with van der Waals surface area (Å²) in [6, 6.07) is 25.4. The molecular formula is C55H64Ac8O18. The number of hydrogen-bond donors (Lipinski definition) is 14. The fourth-order valence-corrected chi connectivity index (χ4v) is 6.25. The van der Waals surface area contributed by atoms with Crippen LogP contribution in [0, 0.1) is 352 Å². The molecule has 14 N–H and O–H groups in total. The molecule has 81 heavy (non-hydrogen) atoms. The molecule has 1 atom stereocenters. The van der Waals surface area contributed by atoms with Gasteiger partial charge in [0.15, 0.2) is 5.78 Å². The Morgan fingerprint density at radius 2 is 0.815 bits per heavy atom. The minimum atomic E-state index is -1.09. The van der Waals surface area contributed by atoms with Crippen molar-refractivity contribution in [2.75, 3.05) is 40.6 Å². The number of phenolic OH excluding ortho intramolecular Hbond substituents is 12. The summed E-state index contributed by atoms with van der Waals surface area (Å²) in [6.07, 6.45) is 0. The van der Waals surface area contributed by atoms with Crippen LogP contribution in [0.25, 0.3) is 16.7 Å². The second-order valence-corrected chi connectivity index (χ2v) is 16.6. The van der Waals surface area contributed by atoms with E-state index in [0.717, 1.165) is 11.6 Å². The maximum atomic E-state index is 10.7. The Labute approximate surface area is 759 Å². The molecule has 1 unspecified atom stereocenters. The summed E-state index contributed by atoms with van der Waals surface area (Å²) in [5.74, 6) is -0.385. The van der Waals surface area contributed by atoms with Crippen LogP contribution in [0.3, 0.4) is 0 Å². The average Bonchev–Trinajstić information content (AvgIpc) is 4.06. The van der Waals surface area contributed by atoms with Crippen molar-refractivity contribution in [3.63, 3.8) is 0 Å². The quantitative estimate of drug-likeness (QED) is 0.0426. The second-order valence-electron chi connectivity index (χ2n) is 16.6. The summed E-state index contributed by atoms with van der Waals surface area (Å²) >= 11 is 0. The van der Waals surface area contributed by atoms with Gasteiger partial charge in [0.25, 0.3) is 0 Å². The molecule has 26 heteroatoms. The van der Waals surface area contributed by atoms with Crippen molar-refractivity contribution in [1.82, 2.24) is 0 Å². The van der Waals surface area contributed by atoms with Crippen molar-refractivity contribution in [3.8, 4) is 69.0 Å². The van der Waals surface area contributed by atoms with Gasteiger partial charge >= 0.3 is 0 Å². The predicted octanol–water partition coefficient (Wildman–Crippen LogP) is 8.59. The number of phenols is 12. The zero-order chi connectivity index (χ0) is 55.4. The number of hydrogen-bond acceptors (Lipinski definition) is 18. The van der Waals surface area contributed by atoms with Crippen molar-refractivity contribution in [2.45, 2.75) is 38.9 Å². The standard InChI is InChI=1S/C10H12O4.C10H12O3.C9H12O3.C9H10O3.C9H10O2.C8H8O3.8Ac/c1-13-5-10(6-14-10)8-3-2-7(11)4-9(8)12;1-7(6-13-2)9-4-3-8(11)5-10(9)12;1-9(2,12)7-4-3-6(10)5-8(7)11;1-6(5-10)8-3-2-7(11)4-9(8)12;1-6(2)8-4-3-7(10)5-9(8)11;1-5(9)7-3-2-6(10)4-8(7)11;;;;;;;;/h2-4,11-12H,5-6H2,1H3;3-5,11-12H,1,6H2,2H3;3-5,10-12H,1-2H3;2-4,10-12H,1,5H2;3-5,10-11H,1H2,2H3;2-4,10-11H,1H3;;;;;;;;. The zero-order valence-electron chi connectivity index (χ0n) is 45.9. The second kappa shape index (κ2) is 49.8. The van der Waals surface area contributed by atoms with E-state index in [1.807, 2.05) is 0 Å². The van der Waals surface area contributed by atoms with Crippen LogP contribution in [0.1, 0.15) is 65.9 Å². The summed E-state index contributed by atoms with van der Waals surface area (Å²) in [4.78, 5) is 10.7. The third-order valence-electron chi connectivity index (χ3n) is 10.0. The number of carbonyl (C=O) groups excluding carboxylic acids is 1. The molecule has 1 fully saturated rings. The van der Waals surface area contributed by atoms with E-state index in [-0.39, 0.29) is 439 Å². The van der Waals surface area contributed by atoms with Crippen molar-refractivity contribution in [2.24, 2.45) is 0 Å². The predicted molar refractivity (Wildman–Crippen MR) is 275 cm³/mol. The van der Waals surface area contributed by atoms with E-state index >= 15 is 0 Å². The van der Waals surface area contributed by atoms with Gasteiger partial charge in [-0.25, -0.2) is 0 Å². The fraction of sp³-hybridized carbons (Fsp3) is 0.218. The molecule has 6 aromatic rings. The third-order valence-corrected chi connectivity index (χ3v) is 10.0. The Balaban J connectivity index is -0.000000159. The molecule has 0 aliphatic carbocycles. The summed E-state index contributed by atoms with van der Waals surface area (Å²) in [6.45, 7) is 18.3. The Bertz CT molecular complexity index is 2800. The Kier molecular flexibility index (Phi) is 60.1.